The zero-order valence-corrected chi connectivity index (χ0v) is 19.5. The number of nitro groups is 1. The van der Waals surface area contributed by atoms with E-state index in [0.717, 1.165) is 24.3 Å². The molecule has 186 valence electrons. The maximum Gasteiger partial charge on any atom is 0.311 e. The first-order chi connectivity index (χ1) is 16.9. The first-order valence-electron chi connectivity index (χ1n) is 10.8. The number of aromatic amines is 1. The molecule has 0 unspecified atom stereocenters. The molecule has 0 amide bonds. The van der Waals surface area contributed by atoms with E-state index in [1.165, 1.54) is 18.2 Å². The zero-order valence-electron chi connectivity index (χ0n) is 19.5. The minimum Gasteiger partial charge on any atom is -0.364 e. The molecule has 0 aliphatic heterocycles. The van der Waals surface area contributed by atoms with Crippen LogP contribution in [0.1, 0.15) is 20.8 Å². The van der Waals surface area contributed by atoms with Crippen LogP contribution in [0.25, 0.3) is 34.0 Å². The van der Waals surface area contributed by atoms with E-state index in [1.54, 1.807) is 0 Å². The number of halogens is 4. The summed E-state index contributed by atoms with van der Waals surface area (Å²) >= 11 is 0. The molecule has 4 aromatic rings. The topological polar surface area (TPSA) is 96.7 Å². The molecule has 7 nitrogen and oxygen atoms in total. The average molecular weight is 499 g/mol. The predicted octanol–water partition coefficient (Wildman–Crippen LogP) is 6.73. The van der Waals surface area contributed by atoms with E-state index in [9.17, 15) is 27.7 Å². The molecule has 0 radical (unpaired) electrons. The lowest BCUT2D eigenvalue weighted by Gasteiger charge is -2.19. The van der Waals surface area contributed by atoms with Gasteiger partial charge in [0.2, 0.25) is 5.82 Å². The van der Waals surface area contributed by atoms with Gasteiger partial charge in [0.15, 0.2) is 0 Å². The molecule has 36 heavy (non-hydrogen) atoms. The quantitative estimate of drug-likeness (QED) is 0.174. The minimum atomic E-state index is -0.962. The van der Waals surface area contributed by atoms with Gasteiger partial charge in [-0.15, -0.1) is 0 Å². The normalized spacial score (nSPS) is 11.5. The Balaban J connectivity index is 1.94. The molecule has 4 rings (SSSR count). The molecule has 0 saturated heterocycles. The summed E-state index contributed by atoms with van der Waals surface area (Å²) in [5, 5.41) is 14.5. The highest BCUT2D eigenvalue weighted by atomic mass is 19.1. The summed E-state index contributed by atoms with van der Waals surface area (Å²) in [4.78, 5) is 22.3. The molecule has 2 aromatic heterocycles. The summed E-state index contributed by atoms with van der Waals surface area (Å²) in [7, 11) is 0. The summed E-state index contributed by atoms with van der Waals surface area (Å²) in [5.41, 5.74) is -1.16. The fraction of sp³-hybridized carbons (Fsp3) is 0.200. The molecule has 0 atom stereocenters. The molecular weight excluding hydrogens is 478 g/mol. The van der Waals surface area contributed by atoms with E-state index < -0.39 is 33.8 Å². The van der Waals surface area contributed by atoms with Crippen molar-refractivity contribution in [2.45, 2.75) is 20.8 Å². The van der Waals surface area contributed by atoms with Gasteiger partial charge in [-0.05, 0) is 35.7 Å². The number of nitrogens with zero attached hydrogens (tertiary/aromatic N) is 3. The van der Waals surface area contributed by atoms with Crippen LogP contribution in [0, 0.1) is 38.8 Å². The van der Waals surface area contributed by atoms with Crippen molar-refractivity contribution in [1.29, 1.82) is 0 Å². The van der Waals surface area contributed by atoms with Crippen molar-refractivity contribution in [2.24, 2.45) is 5.41 Å². The van der Waals surface area contributed by atoms with Crippen LogP contribution in [0.3, 0.4) is 0 Å². The standard InChI is InChI=1S/C25H21F4N5O2/c1-25(2,3)12-30-23-19(34(35)36)10-9-18(31-23)22-21(14-8-7-13(26)11-17(14)29)32-24(33-22)20-15(27)5-4-6-16(20)28/h4-11H,12H2,1-3H3,(H,30,31)(H,32,33). The monoisotopic (exact) mass is 499 g/mol. The molecular formula is C25H21F4N5O2. The van der Waals surface area contributed by atoms with Crippen LogP contribution in [0.15, 0.2) is 48.5 Å². The summed E-state index contributed by atoms with van der Waals surface area (Å²) in [6, 6.07) is 8.58. The van der Waals surface area contributed by atoms with Gasteiger partial charge in [-0.2, -0.15) is 0 Å². The second kappa shape index (κ2) is 9.40. The van der Waals surface area contributed by atoms with Gasteiger partial charge in [0.1, 0.15) is 34.8 Å². The van der Waals surface area contributed by atoms with Crippen molar-refractivity contribution in [1.82, 2.24) is 15.0 Å². The van der Waals surface area contributed by atoms with Crippen LogP contribution in [-0.4, -0.2) is 26.4 Å². The number of anilines is 1. The van der Waals surface area contributed by atoms with Crippen molar-refractivity contribution in [3.05, 3.63) is 81.9 Å². The second-order valence-corrected chi connectivity index (χ2v) is 9.27. The number of H-pyrrole nitrogens is 1. The largest absolute Gasteiger partial charge is 0.364 e. The smallest absolute Gasteiger partial charge is 0.311 e. The fourth-order valence-electron chi connectivity index (χ4n) is 3.49. The Morgan fingerprint density at radius 3 is 2.28 bits per heavy atom. The van der Waals surface area contributed by atoms with Gasteiger partial charge in [-0.1, -0.05) is 26.8 Å². The molecule has 0 aliphatic carbocycles. The van der Waals surface area contributed by atoms with Crippen molar-refractivity contribution >= 4 is 11.5 Å². The van der Waals surface area contributed by atoms with Gasteiger partial charge >= 0.3 is 5.69 Å². The van der Waals surface area contributed by atoms with Gasteiger partial charge in [0, 0.05) is 24.2 Å². The fourth-order valence-corrected chi connectivity index (χ4v) is 3.49. The SMILES string of the molecule is CC(C)(C)CNc1nc(-c2[nH]c(-c3c(F)cccc3F)nc2-c2ccc(F)cc2F)ccc1[N+](=O)[O-]. The van der Waals surface area contributed by atoms with E-state index >= 15 is 0 Å². The first kappa shape index (κ1) is 24.8. The van der Waals surface area contributed by atoms with Crippen LogP contribution in [0.5, 0.6) is 0 Å². The minimum absolute atomic E-state index is 0.0341. The van der Waals surface area contributed by atoms with Gasteiger partial charge in [-0.25, -0.2) is 27.5 Å². The molecule has 0 aliphatic rings. The Labute approximate surface area is 203 Å². The van der Waals surface area contributed by atoms with E-state index in [2.05, 4.69) is 20.3 Å². The Bertz CT molecular complexity index is 1440. The molecule has 2 N–H and O–H groups in total. The summed E-state index contributed by atoms with van der Waals surface area (Å²) in [6.07, 6.45) is 0. The number of pyridine rings is 1. The third-order valence-electron chi connectivity index (χ3n) is 5.20. The van der Waals surface area contributed by atoms with E-state index in [0.29, 0.717) is 12.6 Å². The van der Waals surface area contributed by atoms with E-state index in [-0.39, 0.29) is 45.4 Å². The Kier molecular flexibility index (Phi) is 6.49. The maximum absolute atomic E-state index is 14.7. The van der Waals surface area contributed by atoms with Crippen molar-refractivity contribution in [3.63, 3.8) is 0 Å². The van der Waals surface area contributed by atoms with E-state index in [1.807, 2.05) is 20.8 Å². The molecule has 2 heterocycles. The average Bonchev–Trinajstić information content (AvgIpc) is 3.21. The third kappa shape index (κ3) is 5.04. The van der Waals surface area contributed by atoms with Crippen molar-refractivity contribution in [3.8, 4) is 34.0 Å². The number of nitrogens with one attached hydrogen (secondary N) is 2. The Morgan fingerprint density at radius 1 is 0.972 bits per heavy atom. The molecule has 0 spiro atoms. The van der Waals surface area contributed by atoms with Gasteiger partial charge < -0.3 is 10.3 Å². The molecule has 11 heteroatoms. The molecule has 2 aromatic carbocycles. The summed E-state index contributed by atoms with van der Waals surface area (Å²) < 4.78 is 57.3. The van der Waals surface area contributed by atoms with Crippen LogP contribution >= 0.6 is 0 Å². The lowest BCUT2D eigenvalue weighted by atomic mass is 9.97. The lowest BCUT2D eigenvalue weighted by Crippen LogP contribution is -2.20. The second-order valence-electron chi connectivity index (χ2n) is 9.27. The van der Waals surface area contributed by atoms with Crippen LogP contribution in [-0.2, 0) is 0 Å². The Hall–Kier alpha value is -4.28. The van der Waals surface area contributed by atoms with Crippen LogP contribution in [0.4, 0.5) is 29.1 Å². The summed E-state index contributed by atoms with van der Waals surface area (Å²) in [5.74, 6) is -3.92. The number of imidazole rings is 1. The first-order valence-corrected chi connectivity index (χ1v) is 10.8. The number of hydrogen-bond acceptors (Lipinski definition) is 5. The highest BCUT2D eigenvalue weighted by Crippen LogP contribution is 2.37. The maximum atomic E-state index is 14.7. The number of benzene rings is 2. The van der Waals surface area contributed by atoms with Gasteiger partial charge in [0.25, 0.3) is 0 Å². The highest BCUT2D eigenvalue weighted by molar-refractivity contribution is 5.81. The Morgan fingerprint density at radius 2 is 1.67 bits per heavy atom. The summed E-state index contributed by atoms with van der Waals surface area (Å²) in [6.45, 7) is 6.12. The third-order valence-corrected chi connectivity index (χ3v) is 5.20. The van der Waals surface area contributed by atoms with Crippen LogP contribution in [0.2, 0.25) is 0 Å². The van der Waals surface area contributed by atoms with Gasteiger partial charge in [0.05, 0.1) is 21.9 Å². The molecule has 0 fully saturated rings. The molecule has 0 bridgehead atoms. The molecule has 0 saturated carbocycles. The number of aromatic nitrogens is 3. The number of rotatable bonds is 6. The highest BCUT2D eigenvalue weighted by Gasteiger charge is 2.25. The van der Waals surface area contributed by atoms with E-state index in [4.69, 9.17) is 0 Å². The predicted molar refractivity (Wildman–Crippen MR) is 127 cm³/mol. The van der Waals surface area contributed by atoms with Gasteiger partial charge in [-0.3, -0.25) is 10.1 Å². The van der Waals surface area contributed by atoms with Crippen molar-refractivity contribution in [2.75, 3.05) is 11.9 Å². The van der Waals surface area contributed by atoms with Crippen molar-refractivity contribution < 1.29 is 22.5 Å². The number of hydrogen-bond donors (Lipinski definition) is 2. The zero-order chi connectivity index (χ0) is 26.2. The lowest BCUT2D eigenvalue weighted by molar-refractivity contribution is -0.384. The van der Waals surface area contributed by atoms with Crippen LogP contribution < -0.4 is 5.32 Å².